The Kier molecular flexibility index (Phi) is 6.62. The number of rotatable bonds is 4. The monoisotopic (exact) mass is 479 g/mol. The Morgan fingerprint density at radius 1 is 1.32 bits per heavy atom. The van der Waals surface area contributed by atoms with Crippen LogP contribution in [0.1, 0.15) is 63.6 Å². The average molecular weight is 480 g/mol. The summed E-state index contributed by atoms with van der Waals surface area (Å²) in [5.41, 5.74) is 5.30. The number of benzene rings is 2. The molecular formula is C26H30BrN3O. The Morgan fingerprint density at radius 3 is 2.65 bits per heavy atom. The predicted octanol–water partition coefficient (Wildman–Crippen LogP) is 6.80. The maximum absolute atomic E-state index is 12.7. The van der Waals surface area contributed by atoms with Crippen LogP contribution in [0.4, 0.5) is 11.4 Å². The van der Waals surface area contributed by atoms with E-state index in [0.717, 1.165) is 22.0 Å². The molecule has 162 valence electrons. The van der Waals surface area contributed by atoms with Crippen LogP contribution in [0, 0.1) is 18.3 Å². The van der Waals surface area contributed by atoms with Crippen LogP contribution < -0.4 is 10.2 Å². The highest BCUT2D eigenvalue weighted by atomic mass is 79.9. The van der Waals surface area contributed by atoms with Crippen LogP contribution in [-0.2, 0) is 4.79 Å². The highest BCUT2D eigenvalue weighted by Crippen LogP contribution is 2.45. The molecule has 1 heterocycles. The number of nitriles is 1. The van der Waals surface area contributed by atoms with Crippen molar-refractivity contribution in [3.05, 3.63) is 63.1 Å². The fourth-order valence-electron chi connectivity index (χ4n) is 4.82. The van der Waals surface area contributed by atoms with E-state index in [0.29, 0.717) is 17.6 Å². The topological polar surface area (TPSA) is 56.1 Å². The van der Waals surface area contributed by atoms with Gasteiger partial charge in [0.2, 0.25) is 0 Å². The standard InChI is InChI=1S/C26H30BrN3O/c1-16(2)30-24-10-17(3)19(12-23(24)18(4)14-26(30,5)6)11-20(15-28)25(31)29-22-9-7-8-21(27)13-22/h7-13,16,18H,14H2,1-6H3,(H,29,31)/b20-11-/t18-/m1/s1. The molecule has 0 aliphatic carbocycles. The first-order valence-corrected chi connectivity index (χ1v) is 11.5. The normalized spacial score (nSPS) is 17.8. The van der Waals surface area contributed by atoms with E-state index in [2.05, 4.69) is 79.0 Å². The van der Waals surface area contributed by atoms with Crippen LogP contribution in [0.15, 0.2) is 46.4 Å². The van der Waals surface area contributed by atoms with Gasteiger partial charge < -0.3 is 10.2 Å². The molecule has 5 heteroatoms. The number of hydrogen-bond acceptors (Lipinski definition) is 3. The number of amides is 1. The first-order valence-electron chi connectivity index (χ1n) is 10.7. The number of nitrogens with one attached hydrogen (secondary N) is 1. The Labute approximate surface area is 194 Å². The molecule has 3 rings (SSSR count). The zero-order valence-corrected chi connectivity index (χ0v) is 20.7. The summed E-state index contributed by atoms with van der Waals surface area (Å²) in [5.74, 6) is -0.00973. The summed E-state index contributed by atoms with van der Waals surface area (Å²) >= 11 is 3.40. The van der Waals surface area contributed by atoms with E-state index in [9.17, 15) is 10.1 Å². The van der Waals surface area contributed by atoms with Gasteiger partial charge in [0, 0.05) is 27.4 Å². The van der Waals surface area contributed by atoms with Crippen LogP contribution in [0.25, 0.3) is 6.08 Å². The third-order valence-corrected chi connectivity index (χ3v) is 6.42. The molecule has 1 aliphatic heterocycles. The maximum Gasteiger partial charge on any atom is 0.266 e. The van der Waals surface area contributed by atoms with Crippen molar-refractivity contribution in [3.63, 3.8) is 0 Å². The van der Waals surface area contributed by atoms with Crippen LogP contribution in [0.3, 0.4) is 0 Å². The van der Waals surface area contributed by atoms with Gasteiger partial charge in [-0.25, -0.2) is 0 Å². The third-order valence-electron chi connectivity index (χ3n) is 5.93. The lowest BCUT2D eigenvalue weighted by Gasteiger charge is -2.50. The van der Waals surface area contributed by atoms with Gasteiger partial charge in [-0.05, 0) is 100 Å². The number of carbonyl (C=O) groups is 1. The van der Waals surface area contributed by atoms with Gasteiger partial charge in [-0.2, -0.15) is 5.26 Å². The number of carbonyl (C=O) groups excluding carboxylic acids is 1. The van der Waals surface area contributed by atoms with Crippen molar-refractivity contribution in [2.45, 2.75) is 65.5 Å². The summed E-state index contributed by atoms with van der Waals surface area (Å²) in [7, 11) is 0. The van der Waals surface area contributed by atoms with Crippen molar-refractivity contribution in [2.75, 3.05) is 10.2 Å². The van der Waals surface area contributed by atoms with Gasteiger partial charge in [0.05, 0.1) is 0 Å². The fourth-order valence-corrected chi connectivity index (χ4v) is 5.21. The summed E-state index contributed by atoms with van der Waals surface area (Å²) in [6, 6.07) is 14.1. The average Bonchev–Trinajstić information content (AvgIpc) is 2.65. The van der Waals surface area contributed by atoms with E-state index >= 15 is 0 Å². The van der Waals surface area contributed by atoms with E-state index in [1.807, 2.05) is 19.1 Å². The third kappa shape index (κ3) is 4.85. The van der Waals surface area contributed by atoms with Crippen LogP contribution in [0.5, 0.6) is 0 Å². The molecular weight excluding hydrogens is 450 g/mol. The van der Waals surface area contributed by atoms with Crippen molar-refractivity contribution in [3.8, 4) is 6.07 Å². The van der Waals surface area contributed by atoms with Crippen molar-refractivity contribution >= 4 is 39.3 Å². The molecule has 31 heavy (non-hydrogen) atoms. The second kappa shape index (κ2) is 8.88. The quantitative estimate of drug-likeness (QED) is 0.387. The smallest absolute Gasteiger partial charge is 0.266 e. The summed E-state index contributed by atoms with van der Waals surface area (Å²) in [6.07, 6.45) is 2.76. The zero-order valence-electron chi connectivity index (χ0n) is 19.1. The molecule has 0 unspecified atom stereocenters. The molecule has 0 spiro atoms. The van der Waals surface area contributed by atoms with Crippen LogP contribution >= 0.6 is 15.9 Å². The van der Waals surface area contributed by atoms with E-state index in [4.69, 9.17) is 0 Å². The van der Waals surface area contributed by atoms with Gasteiger partial charge in [-0.1, -0.05) is 28.9 Å². The number of hydrogen-bond donors (Lipinski definition) is 1. The van der Waals surface area contributed by atoms with Crippen molar-refractivity contribution in [1.29, 1.82) is 5.26 Å². The zero-order chi connectivity index (χ0) is 22.9. The lowest BCUT2D eigenvalue weighted by Crippen LogP contribution is -2.51. The van der Waals surface area contributed by atoms with Crippen molar-refractivity contribution in [1.82, 2.24) is 0 Å². The Hall–Kier alpha value is -2.58. The number of fused-ring (bicyclic) bond motifs is 1. The SMILES string of the molecule is Cc1cc2c(cc1/C=C(/C#N)C(=O)Nc1cccc(Br)c1)[C@H](C)CC(C)(C)N2C(C)C. The molecule has 1 aliphatic rings. The van der Waals surface area contributed by atoms with E-state index in [-0.39, 0.29) is 11.1 Å². The fraction of sp³-hybridized carbons (Fsp3) is 0.385. The molecule has 0 fully saturated rings. The lowest BCUT2D eigenvalue weighted by molar-refractivity contribution is -0.112. The van der Waals surface area contributed by atoms with Crippen LogP contribution in [-0.4, -0.2) is 17.5 Å². The van der Waals surface area contributed by atoms with Crippen molar-refractivity contribution in [2.24, 2.45) is 0 Å². The Balaban J connectivity index is 1.99. The van der Waals surface area contributed by atoms with E-state index < -0.39 is 5.91 Å². The molecule has 1 N–H and O–H groups in total. The van der Waals surface area contributed by atoms with Gasteiger partial charge in [-0.3, -0.25) is 4.79 Å². The van der Waals surface area contributed by atoms with Crippen molar-refractivity contribution < 1.29 is 4.79 Å². The molecule has 4 nitrogen and oxygen atoms in total. The first-order chi connectivity index (χ1) is 14.5. The summed E-state index contributed by atoms with van der Waals surface area (Å²) in [5, 5.41) is 12.5. The van der Waals surface area contributed by atoms with Gasteiger partial charge in [0.25, 0.3) is 5.91 Å². The van der Waals surface area contributed by atoms with E-state index in [1.54, 1.807) is 18.2 Å². The molecule has 2 aromatic rings. The van der Waals surface area contributed by atoms with E-state index in [1.165, 1.54) is 11.3 Å². The first kappa shape index (κ1) is 23.1. The lowest BCUT2D eigenvalue weighted by atomic mass is 9.78. The molecule has 0 bridgehead atoms. The molecule has 0 saturated heterocycles. The van der Waals surface area contributed by atoms with Gasteiger partial charge in [-0.15, -0.1) is 0 Å². The molecule has 1 atom stereocenters. The number of nitrogens with zero attached hydrogens (tertiary/aromatic N) is 2. The molecule has 0 saturated carbocycles. The minimum atomic E-state index is -0.407. The summed E-state index contributed by atoms with van der Waals surface area (Å²) in [4.78, 5) is 15.2. The number of anilines is 2. The molecule has 1 amide bonds. The minimum absolute atomic E-state index is 0.0754. The van der Waals surface area contributed by atoms with Gasteiger partial charge >= 0.3 is 0 Å². The summed E-state index contributed by atoms with van der Waals surface area (Å²) < 4.78 is 0.866. The molecule has 0 aromatic heterocycles. The highest BCUT2D eigenvalue weighted by Gasteiger charge is 2.37. The second-order valence-corrected chi connectivity index (χ2v) is 10.2. The second-order valence-electron chi connectivity index (χ2n) is 9.28. The van der Waals surface area contributed by atoms with Crippen LogP contribution in [0.2, 0.25) is 0 Å². The predicted molar refractivity (Wildman–Crippen MR) is 132 cm³/mol. The minimum Gasteiger partial charge on any atom is -0.364 e. The Bertz CT molecular complexity index is 1080. The Morgan fingerprint density at radius 2 is 2.03 bits per heavy atom. The largest absolute Gasteiger partial charge is 0.364 e. The summed E-state index contributed by atoms with van der Waals surface area (Å²) in [6.45, 7) is 13.4. The molecule has 2 aromatic carbocycles. The van der Waals surface area contributed by atoms with Gasteiger partial charge in [0.1, 0.15) is 11.6 Å². The number of aryl methyl sites for hydroxylation is 1. The molecule has 0 radical (unpaired) electrons. The number of halogens is 1. The maximum atomic E-state index is 12.7. The highest BCUT2D eigenvalue weighted by molar-refractivity contribution is 9.10. The van der Waals surface area contributed by atoms with Gasteiger partial charge in [0.15, 0.2) is 0 Å².